The topological polar surface area (TPSA) is 46.4 Å². The number of rotatable bonds is 6. The van der Waals surface area contributed by atoms with Gasteiger partial charge in [0.25, 0.3) is 0 Å². The standard InChI is InChI=1S/C23H19F2N3O/c24-18-9-7-17(8-10-18)23-20(28-13-2-1-6-21(28)27-23)11-12-22(29)26-15-16-4-3-5-19(25)14-16/h1-10,13-14H,11-12,15H2,(H,26,29). The van der Waals surface area contributed by atoms with Crippen molar-refractivity contribution in [3.63, 3.8) is 0 Å². The molecule has 146 valence electrons. The summed E-state index contributed by atoms with van der Waals surface area (Å²) in [5, 5.41) is 2.82. The van der Waals surface area contributed by atoms with Gasteiger partial charge >= 0.3 is 0 Å². The SMILES string of the molecule is O=C(CCc1c(-c2ccc(F)cc2)nc2ccccn12)NCc1cccc(F)c1. The monoisotopic (exact) mass is 391 g/mol. The van der Waals surface area contributed by atoms with Crippen LogP contribution in [0.3, 0.4) is 0 Å². The van der Waals surface area contributed by atoms with Crippen LogP contribution in [0.25, 0.3) is 16.9 Å². The third-order valence-electron chi connectivity index (χ3n) is 4.71. The van der Waals surface area contributed by atoms with Gasteiger partial charge < -0.3 is 9.72 Å². The molecule has 0 unspecified atom stereocenters. The number of imidazole rings is 1. The van der Waals surface area contributed by atoms with Crippen LogP contribution in [0.4, 0.5) is 8.78 Å². The highest BCUT2D eigenvalue weighted by Crippen LogP contribution is 2.25. The Hall–Kier alpha value is -3.54. The number of carbonyl (C=O) groups excluding carboxylic acids is 1. The first-order chi connectivity index (χ1) is 14.1. The maximum absolute atomic E-state index is 13.3. The van der Waals surface area contributed by atoms with Crippen LogP contribution in [-0.2, 0) is 17.8 Å². The van der Waals surface area contributed by atoms with Gasteiger partial charge in [-0.3, -0.25) is 4.79 Å². The first-order valence-corrected chi connectivity index (χ1v) is 9.33. The Morgan fingerprint density at radius 2 is 1.79 bits per heavy atom. The molecule has 0 atom stereocenters. The first-order valence-electron chi connectivity index (χ1n) is 9.33. The quantitative estimate of drug-likeness (QED) is 0.525. The Morgan fingerprint density at radius 3 is 2.59 bits per heavy atom. The van der Waals surface area contributed by atoms with Crippen molar-refractivity contribution < 1.29 is 13.6 Å². The Bertz CT molecular complexity index is 1150. The minimum Gasteiger partial charge on any atom is -0.352 e. The van der Waals surface area contributed by atoms with Crippen molar-refractivity contribution in [1.82, 2.24) is 14.7 Å². The van der Waals surface area contributed by atoms with Gasteiger partial charge in [-0.25, -0.2) is 13.8 Å². The van der Waals surface area contributed by atoms with Gasteiger partial charge in [-0.15, -0.1) is 0 Å². The number of benzene rings is 2. The van der Waals surface area contributed by atoms with Crippen LogP contribution in [0, 0.1) is 11.6 Å². The molecule has 4 aromatic rings. The van der Waals surface area contributed by atoms with Gasteiger partial charge in [0, 0.05) is 24.7 Å². The molecular formula is C23H19F2N3O. The number of hydrogen-bond donors (Lipinski definition) is 1. The number of aryl methyl sites for hydroxylation is 1. The van der Waals surface area contributed by atoms with Gasteiger partial charge in [-0.1, -0.05) is 18.2 Å². The number of pyridine rings is 1. The molecule has 4 nitrogen and oxygen atoms in total. The van der Waals surface area contributed by atoms with E-state index in [1.807, 2.05) is 28.8 Å². The maximum Gasteiger partial charge on any atom is 0.220 e. The van der Waals surface area contributed by atoms with Crippen molar-refractivity contribution in [2.75, 3.05) is 0 Å². The van der Waals surface area contributed by atoms with Gasteiger partial charge in [0.1, 0.15) is 17.3 Å². The second kappa shape index (κ2) is 8.22. The molecule has 0 fully saturated rings. The Balaban J connectivity index is 1.51. The maximum atomic E-state index is 13.3. The van der Waals surface area contributed by atoms with Crippen LogP contribution in [0.2, 0.25) is 0 Å². The molecule has 1 amide bonds. The highest BCUT2D eigenvalue weighted by atomic mass is 19.1. The molecule has 0 saturated carbocycles. The summed E-state index contributed by atoms with van der Waals surface area (Å²) in [7, 11) is 0. The Labute approximate surface area is 166 Å². The number of nitrogens with one attached hydrogen (secondary N) is 1. The van der Waals surface area contributed by atoms with Crippen LogP contribution < -0.4 is 5.32 Å². The van der Waals surface area contributed by atoms with Gasteiger partial charge in [-0.05, 0) is 60.5 Å². The zero-order chi connectivity index (χ0) is 20.2. The van der Waals surface area contributed by atoms with E-state index in [4.69, 9.17) is 0 Å². The summed E-state index contributed by atoms with van der Waals surface area (Å²) >= 11 is 0. The van der Waals surface area contributed by atoms with Crippen molar-refractivity contribution in [3.05, 3.63) is 95.8 Å². The van der Waals surface area contributed by atoms with Crippen LogP contribution in [0.5, 0.6) is 0 Å². The molecule has 0 radical (unpaired) electrons. The van der Waals surface area contributed by atoms with Gasteiger partial charge in [0.15, 0.2) is 0 Å². The number of nitrogens with zero attached hydrogens (tertiary/aromatic N) is 2. The van der Waals surface area contributed by atoms with Crippen LogP contribution >= 0.6 is 0 Å². The zero-order valence-corrected chi connectivity index (χ0v) is 15.6. The molecule has 1 N–H and O–H groups in total. The number of hydrogen-bond acceptors (Lipinski definition) is 2. The predicted molar refractivity (Wildman–Crippen MR) is 107 cm³/mol. The summed E-state index contributed by atoms with van der Waals surface area (Å²) in [4.78, 5) is 17.0. The summed E-state index contributed by atoms with van der Waals surface area (Å²) < 4.78 is 28.5. The lowest BCUT2D eigenvalue weighted by atomic mass is 10.1. The third-order valence-corrected chi connectivity index (χ3v) is 4.71. The summed E-state index contributed by atoms with van der Waals surface area (Å²) in [6, 6.07) is 18.0. The van der Waals surface area contributed by atoms with Gasteiger partial charge in [0.2, 0.25) is 5.91 Å². The summed E-state index contributed by atoms with van der Waals surface area (Å²) in [5.41, 5.74) is 3.88. The Morgan fingerprint density at radius 1 is 0.966 bits per heavy atom. The molecule has 2 heterocycles. The van der Waals surface area contributed by atoms with E-state index in [1.165, 1.54) is 24.3 Å². The predicted octanol–water partition coefficient (Wildman–Crippen LogP) is 4.53. The number of carbonyl (C=O) groups is 1. The largest absolute Gasteiger partial charge is 0.352 e. The highest BCUT2D eigenvalue weighted by molar-refractivity contribution is 5.77. The second-order valence-electron chi connectivity index (χ2n) is 6.75. The minimum absolute atomic E-state index is 0.134. The third kappa shape index (κ3) is 4.32. The highest BCUT2D eigenvalue weighted by Gasteiger charge is 2.15. The minimum atomic E-state index is -0.327. The molecule has 0 bridgehead atoms. The van der Waals surface area contributed by atoms with Gasteiger partial charge in [0.05, 0.1) is 11.4 Å². The molecular weight excluding hydrogens is 372 g/mol. The lowest BCUT2D eigenvalue weighted by Gasteiger charge is -2.08. The van der Waals surface area contributed by atoms with Crippen molar-refractivity contribution in [1.29, 1.82) is 0 Å². The molecule has 29 heavy (non-hydrogen) atoms. The fraction of sp³-hybridized carbons (Fsp3) is 0.130. The molecule has 2 aromatic heterocycles. The number of fused-ring (bicyclic) bond motifs is 1. The Kier molecular flexibility index (Phi) is 5.33. The van der Waals surface area contributed by atoms with E-state index < -0.39 is 0 Å². The van der Waals surface area contributed by atoms with Crippen molar-refractivity contribution >= 4 is 11.6 Å². The average Bonchev–Trinajstić information content (AvgIpc) is 3.10. The summed E-state index contributed by atoms with van der Waals surface area (Å²) in [5.74, 6) is -0.771. The molecule has 2 aromatic carbocycles. The van der Waals surface area contributed by atoms with E-state index in [2.05, 4.69) is 10.3 Å². The van der Waals surface area contributed by atoms with Crippen LogP contribution in [0.1, 0.15) is 17.7 Å². The number of amides is 1. The second-order valence-corrected chi connectivity index (χ2v) is 6.75. The van der Waals surface area contributed by atoms with E-state index >= 15 is 0 Å². The van der Waals surface area contributed by atoms with Crippen LogP contribution in [0.15, 0.2) is 72.9 Å². The molecule has 0 aliphatic heterocycles. The van der Waals surface area contributed by atoms with E-state index in [0.717, 1.165) is 22.6 Å². The van der Waals surface area contributed by atoms with Gasteiger partial charge in [-0.2, -0.15) is 0 Å². The lowest BCUT2D eigenvalue weighted by Crippen LogP contribution is -2.23. The lowest BCUT2D eigenvalue weighted by molar-refractivity contribution is -0.121. The van der Waals surface area contributed by atoms with Crippen LogP contribution in [-0.4, -0.2) is 15.3 Å². The molecule has 0 aliphatic rings. The summed E-state index contributed by atoms with van der Waals surface area (Å²) in [6.07, 6.45) is 2.62. The fourth-order valence-electron chi connectivity index (χ4n) is 3.29. The number of halogens is 2. The van der Waals surface area contributed by atoms with Crippen molar-refractivity contribution in [3.8, 4) is 11.3 Å². The molecule has 6 heteroatoms. The van der Waals surface area contributed by atoms with E-state index in [0.29, 0.717) is 12.0 Å². The van der Waals surface area contributed by atoms with E-state index in [-0.39, 0.29) is 30.5 Å². The normalized spacial score (nSPS) is 11.0. The smallest absolute Gasteiger partial charge is 0.220 e. The first kappa shape index (κ1) is 18.8. The van der Waals surface area contributed by atoms with E-state index in [1.54, 1.807) is 24.3 Å². The van der Waals surface area contributed by atoms with Crippen molar-refractivity contribution in [2.45, 2.75) is 19.4 Å². The molecule has 0 saturated heterocycles. The molecule has 0 aliphatic carbocycles. The molecule has 4 rings (SSSR count). The zero-order valence-electron chi connectivity index (χ0n) is 15.6. The summed E-state index contributed by atoms with van der Waals surface area (Å²) in [6.45, 7) is 0.272. The number of aromatic nitrogens is 2. The average molecular weight is 391 g/mol. The van der Waals surface area contributed by atoms with E-state index in [9.17, 15) is 13.6 Å². The fourth-order valence-corrected chi connectivity index (χ4v) is 3.29. The molecule has 0 spiro atoms. The van der Waals surface area contributed by atoms with Crippen molar-refractivity contribution in [2.24, 2.45) is 0 Å².